The monoisotopic (exact) mass is 280 g/mol. The Labute approximate surface area is 114 Å². The van der Waals surface area contributed by atoms with Gasteiger partial charge in [-0.2, -0.15) is 5.10 Å². The molecule has 106 valence electrons. The first-order valence-corrected chi connectivity index (χ1v) is 6.05. The highest BCUT2D eigenvalue weighted by atomic mass is 19.1. The van der Waals surface area contributed by atoms with E-state index in [0.29, 0.717) is 5.69 Å². The number of carboxylic acid groups (broad SMARTS) is 1. The molecule has 1 N–H and O–H groups in total. The normalized spacial score (nSPS) is 17.8. The highest BCUT2D eigenvalue weighted by Crippen LogP contribution is 2.25. The van der Waals surface area contributed by atoms with E-state index in [4.69, 9.17) is 4.74 Å². The lowest BCUT2D eigenvalue weighted by Crippen LogP contribution is -2.34. The predicted molar refractivity (Wildman–Crippen MR) is 69.0 cm³/mol. The number of rotatable bonds is 4. The fraction of sp³-hybridized carbons (Fsp3) is 0.308. The number of benzene rings is 1. The quantitative estimate of drug-likeness (QED) is 0.843. The summed E-state index contributed by atoms with van der Waals surface area (Å²) in [6.45, 7) is 1.84. The molecule has 1 atom stereocenters. The van der Waals surface area contributed by atoms with Crippen molar-refractivity contribution in [3.05, 3.63) is 30.1 Å². The number of ether oxygens (including phenoxy) is 1. The van der Waals surface area contributed by atoms with Gasteiger partial charge in [-0.25, -0.2) is 14.0 Å². The van der Waals surface area contributed by atoms with Gasteiger partial charge < -0.3 is 9.84 Å². The van der Waals surface area contributed by atoms with E-state index in [1.807, 2.05) is 0 Å². The number of carbonyl (C=O) groups is 2. The lowest BCUT2D eigenvalue weighted by Gasteiger charge is -2.19. The fourth-order valence-corrected chi connectivity index (χ4v) is 1.87. The molecule has 1 aromatic carbocycles. The van der Waals surface area contributed by atoms with E-state index >= 15 is 0 Å². The molecule has 0 saturated carbocycles. The molecule has 0 saturated heterocycles. The molecular formula is C13H13FN2O4. The Morgan fingerprint density at radius 1 is 1.45 bits per heavy atom. The Morgan fingerprint density at radius 2 is 2.10 bits per heavy atom. The van der Waals surface area contributed by atoms with Gasteiger partial charge in [0.2, 0.25) is 0 Å². The zero-order valence-corrected chi connectivity index (χ0v) is 10.7. The van der Waals surface area contributed by atoms with Crippen LogP contribution in [-0.4, -0.2) is 35.4 Å². The lowest BCUT2D eigenvalue weighted by molar-refractivity contribution is -0.138. The summed E-state index contributed by atoms with van der Waals surface area (Å²) in [7, 11) is 0. The molecule has 20 heavy (non-hydrogen) atoms. The first kappa shape index (κ1) is 14.0. The summed E-state index contributed by atoms with van der Waals surface area (Å²) in [5.74, 6) is -2.19. The maximum Gasteiger partial charge on any atom is 0.354 e. The standard InChI is InChI=1S/C13H13FN2O4/c1-2-20-13(19)10-7-11(12(17)18)16(15-10)9-5-3-8(14)4-6-9/h3-6,11H,2,7H2,1H3,(H,17,18). The van der Waals surface area contributed by atoms with Crippen molar-refractivity contribution in [2.75, 3.05) is 11.6 Å². The minimum absolute atomic E-state index is 0.0450. The number of aliphatic carboxylic acids is 1. The van der Waals surface area contributed by atoms with Crippen molar-refractivity contribution >= 4 is 23.3 Å². The van der Waals surface area contributed by atoms with Crippen LogP contribution in [0.15, 0.2) is 29.4 Å². The fourth-order valence-electron chi connectivity index (χ4n) is 1.87. The Kier molecular flexibility index (Phi) is 3.97. The van der Waals surface area contributed by atoms with E-state index in [2.05, 4.69) is 5.10 Å². The minimum atomic E-state index is -1.11. The van der Waals surface area contributed by atoms with Crippen LogP contribution in [0.25, 0.3) is 0 Å². The summed E-state index contributed by atoms with van der Waals surface area (Å²) in [6, 6.07) is 4.21. The third-order valence-electron chi connectivity index (χ3n) is 2.80. The van der Waals surface area contributed by atoms with Crippen molar-refractivity contribution in [2.24, 2.45) is 5.10 Å². The molecule has 6 nitrogen and oxygen atoms in total. The molecule has 0 aliphatic carbocycles. The van der Waals surface area contributed by atoms with Gasteiger partial charge in [0, 0.05) is 6.42 Å². The number of esters is 1. The van der Waals surface area contributed by atoms with Gasteiger partial charge in [-0.15, -0.1) is 0 Å². The van der Waals surface area contributed by atoms with Gasteiger partial charge in [0.15, 0.2) is 6.04 Å². The molecule has 0 bridgehead atoms. The number of halogens is 1. The van der Waals surface area contributed by atoms with Crippen LogP contribution in [-0.2, 0) is 14.3 Å². The summed E-state index contributed by atoms with van der Waals surface area (Å²) in [5.41, 5.74) is 0.446. The molecule has 1 aliphatic heterocycles. The van der Waals surface area contributed by atoms with E-state index < -0.39 is 23.8 Å². The third-order valence-corrected chi connectivity index (χ3v) is 2.80. The topological polar surface area (TPSA) is 79.2 Å². The molecule has 1 aromatic rings. The van der Waals surface area contributed by atoms with Gasteiger partial charge in [-0.1, -0.05) is 0 Å². The number of carbonyl (C=O) groups excluding carboxylic acids is 1. The van der Waals surface area contributed by atoms with Crippen LogP contribution < -0.4 is 5.01 Å². The lowest BCUT2D eigenvalue weighted by atomic mass is 10.1. The molecule has 7 heteroatoms. The van der Waals surface area contributed by atoms with Crippen LogP contribution in [0.2, 0.25) is 0 Å². The highest BCUT2D eigenvalue weighted by Gasteiger charge is 2.36. The Hall–Kier alpha value is -2.44. The van der Waals surface area contributed by atoms with Crippen LogP contribution >= 0.6 is 0 Å². The largest absolute Gasteiger partial charge is 0.480 e. The van der Waals surface area contributed by atoms with Crippen molar-refractivity contribution in [3.63, 3.8) is 0 Å². The van der Waals surface area contributed by atoms with Crippen LogP contribution in [0.1, 0.15) is 13.3 Å². The summed E-state index contributed by atoms with van der Waals surface area (Å²) < 4.78 is 17.7. The molecule has 2 rings (SSSR count). The summed E-state index contributed by atoms with van der Waals surface area (Å²) in [5, 5.41) is 14.4. The molecule has 0 spiro atoms. The van der Waals surface area contributed by atoms with Crippen LogP contribution in [0.3, 0.4) is 0 Å². The number of nitrogens with zero attached hydrogens (tertiary/aromatic N) is 2. The molecule has 1 unspecified atom stereocenters. The SMILES string of the molecule is CCOC(=O)C1=NN(c2ccc(F)cc2)C(C(=O)O)C1. The van der Waals surface area contributed by atoms with Crippen molar-refractivity contribution in [2.45, 2.75) is 19.4 Å². The van der Waals surface area contributed by atoms with Gasteiger partial charge in [0.05, 0.1) is 12.3 Å². The zero-order valence-electron chi connectivity index (χ0n) is 10.7. The first-order chi connectivity index (χ1) is 9.52. The van der Waals surface area contributed by atoms with Gasteiger partial charge in [0.1, 0.15) is 11.5 Å². The second-order valence-corrected chi connectivity index (χ2v) is 4.15. The zero-order chi connectivity index (χ0) is 14.7. The molecule has 1 aliphatic rings. The number of anilines is 1. The second-order valence-electron chi connectivity index (χ2n) is 4.15. The first-order valence-electron chi connectivity index (χ1n) is 6.05. The number of carboxylic acids is 1. The smallest absolute Gasteiger partial charge is 0.354 e. The van der Waals surface area contributed by atoms with E-state index in [9.17, 15) is 19.1 Å². The van der Waals surface area contributed by atoms with Gasteiger partial charge in [-0.05, 0) is 31.2 Å². The van der Waals surface area contributed by atoms with E-state index in [1.165, 1.54) is 29.3 Å². The number of hydrogen-bond acceptors (Lipinski definition) is 5. The number of hydrazone groups is 1. The van der Waals surface area contributed by atoms with E-state index in [-0.39, 0.29) is 18.7 Å². The minimum Gasteiger partial charge on any atom is -0.480 e. The Bertz CT molecular complexity index is 556. The van der Waals surface area contributed by atoms with E-state index in [0.717, 1.165) is 0 Å². The molecule has 1 heterocycles. The number of hydrogen-bond donors (Lipinski definition) is 1. The van der Waals surface area contributed by atoms with Gasteiger partial charge in [0.25, 0.3) is 0 Å². The Balaban J connectivity index is 2.29. The molecule has 0 aromatic heterocycles. The summed E-state index contributed by atoms with van der Waals surface area (Å²) in [4.78, 5) is 22.8. The van der Waals surface area contributed by atoms with Crippen molar-refractivity contribution < 1.29 is 23.8 Å². The average Bonchev–Trinajstić information content (AvgIpc) is 2.85. The van der Waals surface area contributed by atoms with Gasteiger partial charge in [-0.3, -0.25) is 5.01 Å². The van der Waals surface area contributed by atoms with Crippen LogP contribution in [0.5, 0.6) is 0 Å². The van der Waals surface area contributed by atoms with Crippen LogP contribution in [0, 0.1) is 5.82 Å². The average molecular weight is 280 g/mol. The van der Waals surface area contributed by atoms with Gasteiger partial charge >= 0.3 is 11.9 Å². The maximum absolute atomic E-state index is 12.9. The third kappa shape index (κ3) is 2.76. The van der Waals surface area contributed by atoms with Crippen molar-refractivity contribution in [1.29, 1.82) is 0 Å². The summed E-state index contributed by atoms with van der Waals surface area (Å²) >= 11 is 0. The van der Waals surface area contributed by atoms with E-state index in [1.54, 1.807) is 6.92 Å². The second kappa shape index (κ2) is 5.68. The molecule has 0 radical (unpaired) electrons. The predicted octanol–water partition coefficient (Wildman–Crippen LogP) is 1.41. The van der Waals surface area contributed by atoms with Crippen LogP contribution in [0.4, 0.5) is 10.1 Å². The molecular weight excluding hydrogens is 267 g/mol. The molecule has 0 amide bonds. The highest BCUT2D eigenvalue weighted by molar-refractivity contribution is 6.38. The van der Waals surface area contributed by atoms with Crippen molar-refractivity contribution in [3.8, 4) is 0 Å². The molecule has 0 fully saturated rings. The summed E-state index contributed by atoms with van der Waals surface area (Å²) in [6.07, 6.45) is -0.0501. The Morgan fingerprint density at radius 3 is 2.65 bits per heavy atom. The maximum atomic E-state index is 12.9. The van der Waals surface area contributed by atoms with Crippen molar-refractivity contribution in [1.82, 2.24) is 0 Å².